The lowest BCUT2D eigenvalue weighted by molar-refractivity contribution is 0.318. The largest absolute Gasteiger partial charge is 0.409 e. The molecule has 0 aliphatic rings. The van der Waals surface area contributed by atoms with Gasteiger partial charge in [0.2, 0.25) is 0 Å². The van der Waals surface area contributed by atoms with Crippen LogP contribution >= 0.6 is 22.9 Å². The van der Waals surface area contributed by atoms with Crippen molar-refractivity contribution in [1.82, 2.24) is 10.2 Å². The van der Waals surface area contributed by atoms with Gasteiger partial charge in [0.15, 0.2) is 5.84 Å². The summed E-state index contributed by atoms with van der Waals surface area (Å²) < 4.78 is 27.1. The first kappa shape index (κ1) is 14.6. The van der Waals surface area contributed by atoms with Crippen LogP contribution in [-0.2, 0) is 10.0 Å². The summed E-state index contributed by atoms with van der Waals surface area (Å²) in [6.45, 7) is 1.70. The molecule has 8 nitrogen and oxygen atoms in total. The third-order valence-electron chi connectivity index (χ3n) is 2.36. The highest BCUT2D eigenvalue weighted by atomic mass is 35.5. The highest BCUT2D eigenvalue weighted by molar-refractivity contribution is 7.94. The Labute approximate surface area is 123 Å². The van der Waals surface area contributed by atoms with Gasteiger partial charge in [-0.2, -0.15) is 5.10 Å². The molecule has 0 radical (unpaired) electrons. The second-order valence-corrected chi connectivity index (χ2v) is 7.34. The van der Waals surface area contributed by atoms with Crippen LogP contribution in [0.25, 0.3) is 0 Å². The normalized spacial score (nSPS) is 12.6. The fourth-order valence-electron chi connectivity index (χ4n) is 1.36. The Balaban J connectivity index is 2.37. The summed E-state index contributed by atoms with van der Waals surface area (Å²) in [5.41, 5.74) is 6.21. The fraction of sp³-hybridized carbons (Fsp3) is 0.111. The fourth-order valence-corrected chi connectivity index (χ4v) is 4.10. The second kappa shape index (κ2) is 5.31. The molecule has 2 rings (SSSR count). The number of rotatable bonds is 4. The van der Waals surface area contributed by atoms with Gasteiger partial charge >= 0.3 is 0 Å². The summed E-state index contributed by atoms with van der Waals surface area (Å²) in [6.07, 6.45) is 1.24. The maximum Gasteiger partial charge on any atom is 0.272 e. The molecule has 20 heavy (non-hydrogen) atoms. The first-order valence-electron chi connectivity index (χ1n) is 5.15. The molecule has 0 spiro atoms. The molecule has 0 saturated heterocycles. The van der Waals surface area contributed by atoms with Crippen molar-refractivity contribution >= 4 is 44.6 Å². The molecule has 2 aromatic heterocycles. The number of thiophene rings is 1. The van der Waals surface area contributed by atoms with Crippen LogP contribution in [0.4, 0.5) is 5.82 Å². The number of H-pyrrole nitrogens is 1. The monoisotopic (exact) mass is 335 g/mol. The Morgan fingerprint density at radius 2 is 2.35 bits per heavy atom. The molecule has 2 heterocycles. The van der Waals surface area contributed by atoms with Gasteiger partial charge in [-0.1, -0.05) is 16.8 Å². The number of aromatic amines is 1. The molecule has 2 aromatic rings. The summed E-state index contributed by atoms with van der Waals surface area (Å²) >= 11 is 6.79. The van der Waals surface area contributed by atoms with Crippen molar-refractivity contribution in [3.63, 3.8) is 0 Å². The molecule has 0 aromatic carbocycles. The summed E-state index contributed by atoms with van der Waals surface area (Å²) in [6, 6.07) is 1.45. The lowest BCUT2D eigenvalue weighted by Crippen LogP contribution is -2.18. The van der Waals surface area contributed by atoms with Crippen molar-refractivity contribution in [2.24, 2.45) is 10.9 Å². The first-order valence-corrected chi connectivity index (χ1v) is 7.83. The van der Waals surface area contributed by atoms with E-state index in [1.165, 1.54) is 12.3 Å². The zero-order valence-electron chi connectivity index (χ0n) is 10.1. The Morgan fingerprint density at radius 1 is 1.65 bits per heavy atom. The Kier molecular flexibility index (Phi) is 3.88. The van der Waals surface area contributed by atoms with Crippen molar-refractivity contribution in [3.8, 4) is 0 Å². The smallest absolute Gasteiger partial charge is 0.272 e. The van der Waals surface area contributed by atoms with Gasteiger partial charge in [0.1, 0.15) is 10.0 Å². The lowest BCUT2D eigenvalue weighted by atomic mass is 10.3. The number of hydrogen-bond acceptors (Lipinski definition) is 6. The third kappa shape index (κ3) is 2.71. The van der Waals surface area contributed by atoms with Crippen LogP contribution in [0.2, 0.25) is 4.34 Å². The van der Waals surface area contributed by atoms with Crippen LogP contribution in [0.1, 0.15) is 11.1 Å². The van der Waals surface area contributed by atoms with E-state index in [1.54, 1.807) is 6.92 Å². The number of nitrogens with two attached hydrogens (primary N) is 1. The lowest BCUT2D eigenvalue weighted by Gasteiger charge is -2.05. The molecular formula is C9H10ClN5O3S2. The van der Waals surface area contributed by atoms with Gasteiger partial charge < -0.3 is 10.9 Å². The molecule has 0 aliphatic carbocycles. The number of amidine groups is 1. The van der Waals surface area contributed by atoms with Gasteiger partial charge in [0.05, 0.1) is 16.1 Å². The van der Waals surface area contributed by atoms with Crippen LogP contribution in [0, 0.1) is 6.92 Å². The topological polar surface area (TPSA) is 133 Å². The van der Waals surface area contributed by atoms with Crippen LogP contribution in [-0.4, -0.2) is 29.7 Å². The van der Waals surface area contributed by atoms with E-state index in [-0.39, 0.29) is 21.4 Å². The average Bonchev–Trinajstić information content (AvgIpc) is 2.96. The maximum atomic E-state index is 12.2. The number of oxime groups is 1. The molecule has 108 valence electrons. The molecule has 11 heteroatoms. The highest BCUT2D eigenvalue weighted by Crippen LogP contribution is 2.31. The summed E-state index contributed by atoms with van der Waals surface area (Å²) in [5, 5.41) is 17.5. The Bertz CT molecular complexity index is 745. The molecule has 0 atom stereocenters. The predicted molar refractivity (Wildman–Crippen MR) is 76.0 cm³/mol. The predicted octanol–water partition coefficient (Wildman–Crippen LogP) is 1.33. The summed E-state index contributed by atoms with van der Waals surface area (Å²) in [7, 11) is -3.83. The van der Waals surface area contributed by atoms with Crippen molar-refractivity contribution in [2.45, 2.75) is 11.1 Å². The van der Waals surface area contributed by atoms with Gasteiger partial charge in [-0.05, 0) is 18.6 Å². The number of aromatic nitrogens is 2. The number of nitrogens with one attached hydrogen (secondary N) is 2. The van der Waals surface area contributed by atoms with Crippen molar-refractivity contribution in [1.29, 1.82) is 0 Å². The molecule has 0 unspecified atom stereocenters. The average molecular weight is 336 g/mol. The minimum Gasteiger partial charge on any atom is -0.409 e. The van der Waals surface area contributed by atoms with Crippen LogP contribution in [0.3, 0.4) is 0 Å². The number of sulfonamides is 1. The zero-order chi connectivity index (χ0) is 14.9. The first-order chi connectivity index (χ1) is 9.35. The van der Waals surface area contributed by atoms with Gasteiger partial charge in [-0.3, -0.25) is 9.82 Å². The SMILES string of the molecule is Cc1cc(S(=O)(=O)Nc2[nH]ncc2/C(N)=N/O)sc1Cl. The van der Waals surface area contributed by atoms with Gasteiger partial charge in [-0.25, -0.2) is 8.42 Å². The van der Waals surface area contributed by atoms with E-state index in [0.29, 0.717) is 9.90 Å². The molecular weight excluding hydrogens is 326 g/mol. The minimum atomic E-state index is -3.83. The van der Waals surface area contributed by atoms with Crippen LogP contribution < -0.4 is 10.5 Å². The van der Waals surface area contributed by atoms with E-state index in [0.717, 1.165) is 11.3 Å². The Morgan fingerprint density at radius 3 is 2.90 bits per heavy atom. The molecule has 0 saturated carbocycles. The molecule has 0 amide bonds. The number of aryl methyl sites for hydroxylation is 1. The quantitative estimate of drug-likeness (QED) is 0.289. The number of nitrogens with zero attached hydrogens (tertiary/aromatic N) is 2. The van der Waals surface area contributed by atoms with E-state index in [9.17, 15) is 8.42 Å². The summed E-state index contributed by atoms with van der Waals surface area (Å²) in [5.74, 6) is -0.265. The highest BCUT2D eigenvalue weighted by Gasteiger charge is 2.21. The van der Waals surface area contributed by atoms with E-state index < -0.39 is 10.0 Å². The van der Waals surface area contributed by atoms with Crippen LogP contribution in [0.15, 0.2) is 21.6 Å². The van der Waals surface area contributed by atoms with Crippen molar-refractivity contribution < 1.29 is 13.6 Å². The molecule has 0 fully saturated rings. The van der Waals surface area contributed by atoms with Crippen molar-refractivity contribution in [3.05, 3.63) is 27.7 Å². The van der Waals surface area contributed by atoms with E-state index in [4.69, 9.17) is 22.5 Å². The number of hydrogen-bond donors (Lipinski definition) is 4. The summed E-state index contributed by atoms with van der Waals surface area (Å²) in [4.78, 5) is 0. The molecule has 0 aliphatic heterocycles. The standard InChI is InChI=1S/C9H10ClN5O3S2/c1-4-2-6(19-7(4)10)20(17,18)15-9-5(3-12-13-9)8(11)14-16/h2-3,16H,1H3,(H2,11,14)(H2,12,13,15). The number of anilines is 1. The van der Waals surface area contributed by atoms with Gasteiger partial charge in [0, 0.05) is 0 Å². The Hall–Kier alpha value is -1.78. The van der Waals surface area contributed by atoms with E-state index >= 15 is 0 Å². The third-order valence-corrected chi connectivity index (χ3v) is 5.74. The molecule has 5 N–H and O–H groups in total. The van der Waals surface area contributed by atoms with Crippen LogP contribution in [0.5, 0.6) is 0 Å². The van der Waals surface area contributed by atoms with E-state index in [1.807, 2.05) is 0 Å². The van der Waals surface area contributed by atoms with Gasteiger partial charge in [-0.15, -0.1) is 11.3 Å². The zero-order valence-corrected chi connectivity index (χ0v) is 12.5. The maximum absolute atomic E-state index is 12.2. The minimum absolute atomic E-state index is 0.00229. The van der Waals surface area contributed by atoms with Crippen molar-refractivity contribution in [2.75, 3.05) is 4.72 Å². The van der Waals surface area contributed by atoms with Gasteiger partial charge in [0.25, 0.3) is 10.0 Å². The van der Waals surface area contributed by atoms with E-state index in [2.05, 4.69) is 20.1 Å². The second-order valence-electron chi connectivity index (χ2n) is 3.77. The number of halogens is 1. The molecule has 0 bridgehead atoms.